The van der Waals surface area contributed by atoms with Gasteiger partial charge < -0.3 is 10.4 Å². The molecular formula is C14H20N2O3. The lowest BCUT2D eigenvalue weighted by atomic mass is 9.92. The number of aliphatic hydroxyl groups is 1. The predicted octanol–water partition coefficient (Wildman–Crippen LogP) is 2.94. The van der Waals surface area contributed by atoms with Crippen LogP contribution in [-0.2, 0) is 6.61 Å². The highest BCUT2D eigenvalue weighted by atomic mass is 16.6. The second-order valence-electron chi connectivity index (χ2n) is 5.64. The molecule has 19 heavy (non-hydrogen) atoms. The van der Waals surface area contributed by atoms with Crippen LogP contribution >= 0.6 is 0 Å². The number of hydrogen-bond donors (Lipinski definition) is 2. The molecule has 1 aromatic rings. The molecule has 0 saturated heterocycles. The van der Waals surface area contributed by atoms with Crippen molar-refractivity contribution in [1.29, 1.82) is 0 Å². The summed E-state index contributed by atoms with van der Waals surface area (Å²) in [5.74, 6) is 0.570. The van der Waals surface area contributed by atoms with E-state index in [2.05, 4.69) is 19.2 Å². The maximum atomic E-state index is 11.0. The molecule has 104 valence electrons. The fourth-order valence-electron chi connectivity index (χ4n) is 2.37. The molecule has 2 N–H and O–H groups in total. The van der Waals surface area contributed by atoms with Crippen molar-refractivity contribution in [2.45, 2.75) is 33.3 Å². The average molecular weight is 264 g/mol. The zero-order valence-corrected chi connectivity index (χ0v) is 11.3. The summed E-state index contributed by atoms with van der Waals surface area (Å²) in [6.45, 7) is 5.02. The Bertz CT molecular complexity index is 482. The van der Waals surface area contributed by atoms with E-state index in [0.717, 1.165) is 6.54 Å². The maximum Gasteiger partial charge on any atom is 0.292 e. The molecule has 1 saturated carbocycles. The van der Waals surface area contributed by atoms with Crippen LogP contribution in [0.1, 0.15) is 32.3 Å². The van der Waals surface area contributed by atoms with E-state index in [0.29, 0.717) is 17.2 Å². The van der Waals surface area contributed by atoms with Crippen molar-refractivity contribution in [1.82, 2.24) is 0 Å². The van der Waals surface area contributed by atoms with Crippen molar-refractivity contribution in [3.05, 3.63) is 33.9 Å². The Labute approximate surface area is 112 Å². The van der Waals surface area contributed by atoms with Gasteiger partial charge in [-0.25, -0.2) is 0 Å². The monoisotopic (exact) mass is 264 g/mol. The van der Waals surface area contributed by atoms with Gasteiger partial charge >= 0.3 is 0 Å². The lowest BCUT2D eigenvalue weighted by Gasteiger charge is -2.20. The van der Waals surface area contributed by atoms with Crippen LogP contribution in [0.3, 0.4) is 0 Å². The minimum Gasteiger partial charge on any atom is -0.392 e. The molecule has 0 aliphatic heterocycles. The number of benzene rings is 1. The Kier molecular flexibility index (Phi) is 3.75. The molecule has 1 aromatic carbocycles. The highest BCUT2D eigenvalue weighted by molar-refractivity contribution is 5.63. The van der Waals surface area contributed by atoms with E-state index in [1.165, 1.54) is 18.9 Å². The minimum atomic E-state index is -0.390. The molecule has 5 heteroatoms. The standard InChI is InChI=1S/C14H20N2O3/c1-10(2)14(5-6-14)9-15-12-7-11(8-17)3-4-13(12)16(18)19/h3-4,7,10,15,17H,5-6,8-9H2,1-2H3. The third kappa shape index (κ3) is 2.87. The van der Waals surface area contributed by atoms with Crippen LogP contribution < -0.4 is 5.32 Å². The fraction of sp³-hybridized carbons (Fsp3) is 0.571. The van der Waals surface area contributed by atoms with E-state index in [9.17, 15) is 10.1 Å². The first kappa shape index (κ1) is 13.8. The number of nitro groups is 1. The van der Waals surface area contributed by atoms with Gasteiger partial charge in [-0.3, -0.25) is 10.1 Å². The van der Waals surface area contributed by atoms with Crippen LogP contribution in [0.15, 0.2) is 18.2 Å². The van der Waals surface area contributed by atoms with Gasteiger partial charge in [-0.15, -0.1) is 0 Å². The molecule has 1 aliphatic rings. The highest BCUT2D eigenvalue weighted by Gasteiger charge is 2.45. The van der Waals surface area contributed by atoms with Gasteiger partial charge in [-0.1, -0.05) is 13.8 Å². The van der Waals surface area contributed by atoms with E-state index in [1.807, 2.05) is 0 Å². The quantitative estimate of drug-likeness (QED) is 0.612. The lowest BCUT2D eigenvalue weighted by molar-refractivity contribution is -0.384. The van der Waals surface area contributed by atoms with Gasteiger partial charge in [0.25, 0.3) is 5.69 Å². The van der Waals surface area contributed by atoms with Gasteiger partial charge in [0, 0.05) is 12.6 Å². The van der Waals surface area contributed by atoms with Crippen LogP contribution in [0.25, 0.3) is 0 Å². The summed E-state index contributed by atoms with van der Waals surface area (Å²) in [5, 5.41) is 23.3. The zero-order chi connectivity index (χ0) is 14.0. The van der Waals surface area contributed by atoms with Crippen molar-refractivity contribution in [3.63, 3.8) is 0 Å². The second kappa shape index (κ2) is 5.17. The van der Waals surface area contributed by atoms with Crippen molar-refractivity contribution >= 4 is 11.4 Å². The summed E-state index contributed by atoms with van der Waals surface area (Å²) in [6.07, 6.45) is 2.34. The normalized spacial score (nSPS) is 16.4. The van der Waals surface area contributed by atoms with E-state index in [4.69, 9.17) is 5.11 Å². The minimum absolute atomic E-state index is 0.0664. The number of aliphatic hydroxyl groups excluding tert-OH is 1. The van der Waals surface area contributed by atoms with Crippen molar-refractivity contribution < 1.29 is 10.0 Å². The van der Waals surface area contributed by atoms with E-state index in [1.54, 1.807) is 12.1 Å². The van der Waals surface area contributed by atoms with Crippen molar-refractivity contribution in [2.75, 3.05) is 11.9 Å². The zero-order valence-electron chi connectivity index (χ0n) is 11.3. The van der Waals surface area contributed by atoms with Crippen molar-refractivity contribution in [2.24, 2.45) is 11.3 Å². The molecule has 0 unspecified atom stereocenters. The van der Waals surface area contributed by atoms with Gasteiger partial charge in [0.05, 0.1) is 11.5 Å². The number of nitro benzene ring substituents is 1. The Morgan fingerprint density at radius 2 is 2.16 bits per heavy atom. The summed E-state index contributed by atoms with van der Waals surface area (Å²) < 4.78 is 0. The molecular weight excluding hydrogens is 244 g/mol. The van der Waals surface area contributed by atoms with Crippen LogP contribution in [-0.4, -0.2) is 16.6 Å². The van der Waals surface area contributed by atoms with E-state index in [-0.39, 0.29) is 17.7 Å². The Morgan fingerprint density at radius 3 is 2.63 bits per heavy atom. The molecule has 2 rings (SSSR count). The smallest absolute Gasteiger partial charge is 0.292 e. The number of hydrogen-bond acceptors (Lipinski definition) is 4. The molecule has 0 radical (unpaired) electrons. The Hall–Kier alpha value is -1.62. The molecule has 0 spiro atoms. The van der Waals surface area contributed by atoms with Crippen LogP contribution in [0.2, 0.25) is 0 Å². The van der Waals surface area contributed by atoms with E-state index >= 15 is 0 Å². The summed E-state index contributed by atoms with van der Waals surface area (Å²) >= 11 is 0. The van der Waals surface area contributed by atoms with Gasteiger partial charge in [0.2, 0.25) is 0 Å². The molecule has 5 nitrogen and oxygen atoms in total. The third-order valence-electron chi connectivity index (χ3n) is 4.19. The molecule has 0 atom stereocenters. The van der Waals surface area contributed by atoms with Crippen LogP contribution in [0.5, 0.6) is 0 Å². The summed E-state index contributed by atoms with van der Waals surface area (Å²) in [7, 11) is 0. The lowest BCUT2D eigenvalue weighted by Crippen LogP contribution is -2.21. The Morgan fingerprint density at radius 1 is 1.47 bits per heavy atom. The average Bonchev–Trinajstić information content (AvgIpc) is 3.17. The number of nitrogens with one attached hydrogen (secondary N) is 1. The van der Waals surface area contributed by atoms with E-state index < -0.39 is 4.92 Å². The van der Waals surface area contributed by atoms with Gasteiger partial charge in [-0.2, -0.15) is 0 Å². The first-order valence-corrected chi connectivity index (χ1v) is 6.60. The molecule has 1 fully saturated rings. The SMILES string of the molecule is CC(C)C1(CNc2cc(CO)ccc2[N+](=O)[O-])CC1. The van der Waals surface area contributed by atoms with Gasteiger partial charge in [0.15, 0.2) is 0 Å². The number of nitrogens with zero attached hydrogens (tertiary/aromatic N) is 1. The van der Waals surface area contributed by atoms with Gasteiger partial charge in [-0.05, 0) is 41.9 Å². The number of rotatable bonds is 6. The topological polar surface area (TPSA) is 75.4 Å². The highest BCUT2D eigenvalue weighted by Crippen LogP contribution is 2.51. The molecule has 0 heterocycles. The molecule has 1 aliphatic carbocycles. The van der Waals surface area contributed by atoms with Crippen molar-refractivity contribution in [3.8, 4) is 0 Å². The molecule has 0 amide bonds. The first-order chi connectivity index (χ1) is 8.98. The maximum absolute atomic E-state index is 11.0. The molecule has 0 bridgehead atoms. The van der Waals surface area contributed by atoms with Gasteiger partial charge in [0.1, 0.15) is 5.69 Å². The first-order valence-electron chi connectivity index (χ1n) is 6.60. The Balaban J connectivity index is 2.16. The number of anilines is 1. The fourth-order valence-corrected chi connectivity index (χ4v) is 2.37. The third-order valence-corrected chi connectivity index (χ3v) is 4.19. The predicted molar refractivity (Wildman–Crippen MR) is 74.0 cm³/mol. The second-order valence-corrected chi connectivity index (χ2v) is 5.64. The molecule has 0 aromatic heterocycles. The summed E-state index contributed by atoms with van der Waals surface area (Å²) in [6, 6.07) is 4.69. The summed E-state index contributed by atoms with van der Waals surface area (Å²) in [5.41, 5.74) is 1.53. The van der Waals surface area contributed by atoms with Crippen LogP contribution in [0.4, 0.5) is 11.4 Å². The largest absolute Gasteiger partial charge is 0.392 e. The van der Waals surface area contributed by atoms with Crippen LogP contribution in [0, 0.1) is 21.4 Å². The summed E-state index contributed by atoms with van der Waals surface area (Å²) in [4.78, 5) is 10.6.